The fraction of sp³-hybridized carbons (Fsp3) is 1.00. The number of aliphatic hydroxyl groups excluding tert-OH is 2. The molecule has 0 aromatic heterocycles. The molecule has 2 N–H and O–H groups in total. The summed E-state index contributed by atoms with van der Waals surface area (Å²) >= 11 is 11.8. The molecule has 2 unspecified atom stereocenters. The molecule has 2 atom stereocenters. The van der Waals surface area contributed by atoms with Gasteiger partial charge < -0.3 is 27.3 Å². The average molecular weight is 530 g/mol. The van der Waals surface area contributed by atoms with Crippen LogP contribution < -0.4 is 0 Å². The number of hydrogen-bond acceptors (Lipinski definition) is 6. The summed E-state index contributed by atoms with van der Waals surface area (Å²) in [6.07, 6.45) is 1.39. The molecule has 0 radical (unpaired) electrons. The van der Waals surface area contributed by atoms with Crippen molar-refractivity contribution in [1.82, 2.24) is 0 Å². The molecule has 0 saturated carbocycles. The first-order valence-corrected chi connectivity index (χ1v) is 23.1. The van der Waals surface area contributed by atoms with Crippen LogP contribution in [-0.4, -0.2) is 68.0 Å². The predicted octanol–water partition coefficient (Wildman–Crippen LogP) is 5.50. The van der Waals surface area contributed by atoms with E-state index in [1.54, 1.807) is 6.92 Å². The first kappa shape index (κ1) is 34.8. The third kappa shape index (κ3) is 27.2. The summed E-state index contributed by atoms with van der Waals surface area (Å²) in [7, 11) is -7.62. The Morgan fingerprint density at radius 2 is 1.52 bits per heavy atom. The van der Waals surface area contributed by atoms with E-state index in [2.05, 4.69) is 33.1 Å². The fourth-order valence-electron chi connectivity index (χ4n) is 2.42. The van der Waals surface area contributed by atoms with Crippen LogP contribution >= 0.6 is 22.2 Å². The first-order chi connectivity index (χ1) is 12.3. The molecular formula is C17H46Cl2O6Si4. The second kappa shape index (κ2) is 15.1. The van der Waals surface area contributed by atoms with Gasteiger partial charge in [-0.15, -0.1) is 22.2 Å². The summed E-state index contributed by atoms with van der Waals surface area (Å²) in [6.45, 7) is 20.6. The highest BCUT2D eigenvalue weighted by Gasteiger charge is 2.39. The van der Waals surface area contributed by atoms with Gasteiger partial charge in [0.2, 0.25) is 0 Å². The maximum Gasteiger partial charge on any atom is 0.323 e. The number of rotatable bonds is 4. The van der Waals surface area contributed by atoms with Gasteiger partial charge in [0.05, 0.1) is 6.10 Å². The van der Waals surface area contributed by atoms with Crippen LogP contribution in [0.3, 0.4) is 0 Å². The Balaban J connectivity index is -0.000000372. The lowest BCUT2D eigenvalue weighted by atomic mass is 10.3. The molecule has 1 aliphatic heterocycles. The smallest absolute Gasteiger partial charge is 0.323 e. The number of hydrogen-bond donors (Lipinski definition) is 2. The second-order valence-corrected chi connectivity index (χ2v) is 27.3. The lowest BCUT2D eigenvalue weighted by Gasteiger charge is -2.37. The van der Waals surface area contributed by atoms with Gasteiger partial charge >= 0.3 is 17.1 Å². The Kier molecular flexibility index (Phi) is 18.1. The van der Waals surface area contributed by atoms with E-state index in [0.29, 0.717) is 6.42 Å². The van der Waals surface area contributed by atoms with Gasteiger partial charge in [-0.3, -0.25) is 0 Å². The van der Waals surface area contributed by atoms with Gasteiger partial charge in [-0.2, -0.15) is 0 Å². The molecule has 12 heteroatoms. The Morgan fingerprint density at radius 3 is 1.79 bits per heavy atom. The van der Waals surface area contributed by atoms with Crippen LogP contribution in [0.2, 0.25) is 52.4 Å². The molecule has 1 saturated heterocycles. The highest BCUT2D eigenvalue weighted by atomic mass is 35.6. The van der Waals surface area contributed by atoms with E-state index in [4.69, 9.17) is 49.5 Å². The van der Waals surface area contributed by atoms with Gasteiger partial charge in [0.1, 0.15) is 0 Å². The van der Waals surface area contributed by atoms with E-state index >= 15 is 0 Å². The van der Waals surface area contributed by atoms with Gasteiger partial charge in [-0.25, -0.2) is 0 Å². The zero-order valence-corrected chi connectivity index (χ0v) is 24.8. The van der Waals surface area contributed by atoms with E-state index in [1.807, 2.05) is 26.2 Å². The van der Waals surface area contributed by atoms with Gasteiger partial charge in [0.25, 0.3) is 15.3 Å². The molecular weight excluding hydrogens is 483 g/mol. The molecule has 0 aromatic carbocycles. The highest BCUT2D eigenvalue weighted by Crippen LogP contribution is 2.22. The van der Waals surface area contributed by atoms with E-state index in [1.165, 1.54) is 0 Å². The van der Waals surface area contributed by atoms with Gasteiger partial charge in [0, 0.05) is 19.3 Å². The van der Waals surface area contributed by atoms with E-state index in [0.717, 1.165) is 13.0 Å². The Hall–Kier alpha value is 1.21. The number of aliphatic hydroxyl groups is 2. The quantitative estimate of drug-likeness (QED) is 0.370. The zero-order chi connectivity index (χ0) is 22.8. The van der Waals surface area contributed by atoms with Gasteiger partial charge in [-0.05, 0) is 79.1 Å². The molecule has 1 aliphatic rings. The van der Waals surface area contributed by atoms with E-state index in [9.17, 15) is 0 Å². The standard InChI is InChI=1S/C8H20O3Si2.C4H12Cl2OSi2.C4H10O2.CH4/c1-8-6-7-9-12(2,3)11-13(4,5)10-8;1-8(2,5)7-9(3,4)6;1-4(6)2-3-5;/h8H,6-7H2,1-5H3;1-4H3;4-6H,2-3H2,1H3;1H4. The summed E-state index contributed by atoms with van der Waals surface area (Å²) in [4.78, 5) is 0. The van der Waals surface area contributed by atoms with Crippen LogP contribution in [0.25, 0.3) is 0 Å². The molecule has 29 heavy (non-hydrogen) atoms. The molecule has 1 fully saturated rings. The van der Waals surface area contributed by atoms with Crippen LogP contribution in [0, 0.1) is 0 Å². The zero-order valence-electron chi connectivity index (χ0n) is 19.3. The summed E-state index contributed by atoms with van der Waals surface area (Å²) in [5.74, 6) is 0. The molecule has 1 heterocycles. The SMILES string of the molecule is C.CC(O)CCO.CC1CCO[Si](C)(C)O[Si](C)(C)O1.C[Si](C)(Cl)O[Si](C)(C)Cl. The topological polar surface area (TPSA) is 77.4 Å². The summed E-state index contributed by atoms with van der Waals surface area (Å²) in [6, 6.07) is 0. The van der Waals surface area contributed by atoms with Crippen molar-refractivity contribution in [2.24, 2.45) is 0 Å². The Morgan fingerprint density at radius 1 is 1.07 bits per heavy atom. The van der Waals surface area contributed by atoms with E-state index < -0.39 is 32.4 Å². The van der Waals surface area contributed by atoms with Crippen LogP contribution in [0.5, 0.6) is 0 Å². The lowest BCUT2D eigenvalue weighted by molar-refractivity contribution is 0.0986. The summed E-state index contributed by atoms with van der Waals surface area (Å²) in [5.41, 5.74) is 0. The molecule has 0 amide bonds. The van der Waals surface area contributed by atoms with Crippen molar-refractivity contribution in [1.29, 1.82) is 0 Å². The molecule has 180 valence electrons. The maximum absolute atomic E-state index is 8.39. The molecule has 0 aliphatic carbocycles. The van der Waals surface area contributed by atoms with Crippen molar-refractivity contribution >= 4 is 54.5 Å². The molecule has 0 spiro atoms. The summed E-state index contributed by atoms with van der Waals surface area (Å²) < 4.78 is 23.0. The van der Waals surface area contributed by atoms with Crippen LogP contribution in [0.1, 0.15) is 34.1 Å². The molecule has 6 nitrogen and oxygen atoms in total. The lowest BCUT2D eigenvalue weighted by Crippen LogP contribution is -2.51. The average Bonchev–Trinajstić information content (AvgIpc) is 2.31. The van der Waals surface area contributed by atoms with Crippen LogP contribution in [0.4, 0.5) is 0 Å². The van der Waals surface area contributed by atoms with Crippen molar-refractivity contribution in [2.75, 3.05) is 13.2 Å². The molecule has 1 rings (SSSR count). The third-order valence-corrected chi connectivity index (χ3v) is 14.1. The largest absolute Gasteiger partial charge is 0.433 e. The Labute approximate surface area is 193 Å². The number of halogens is 2. The second-order valence-electron chi connectivity index (χ2n) is 8.66. The minimum absolute atomic E-state index is 0. The predicted molar refractivity (Wildman–Crippen MR) is 135 cm³/mol. The van der Waals surface area contributed by atoms with Crippen molar-refractivity contribution in [2.45, 2.75) is 98.7 Å². The van der Waals surface area contributed by atoms with Crippen molar-refractivity contribution < 1.29 is 27.3 Å². The van der Waals surface area contributed by atoms with E-state index in [-0.39, 0.29) is 26.2 Å². The monoisotopic (exact) mass is 528 g/mol. The van der Waals surface area contributed by atoms with Gasteiger partial charge in [0.15, 0.2) is 0 Å². The fourth-order valence-corrected chi connectivity index (χ4v) is 17.7. The third-order valence-electron chi connectivity index (χ3n) is 2.98. The maximum atomic E-state index is 8.39. The normalized spacial score (nSPS) is 22.3. The van der Waals surface area contributed by atoms with Gasteiger partial charge in [-0.1, -0.05) is 7.43 Å². The van der Waals surface area contributed by atoms with Crippen LogP contribution in [-0.2, 0) is 17.1 Å². The van der Waals surface area contributed by atoms with Crippen LogP contribution in [0.15, 0.2) is 0 Å². The Bertz CT molecular complexity index is 404. The minimum Gasteiger partial charge on any atom is -0.433 e. The summed E-state index contributed by atoms with van der Waals surface area (Å²) in [5, 5.41) is 16.5. The minimum atomic E-state index is -1.93. The first-order valence-electron chi connectivity index (χ1n) is 9.67. The molecule has 0 bridgehead atoms. The van der Waals surface area contributed by atoms with Crippen molar-refractivity contribution in [3.63, 3.8) is 0 Å². The van der Waals surface area contributed by atoms with Crippen molar-refractivity contribution in [3.05, 3.63) is 0 Å². The molecule has 0 aromatic rings. The highest BCUT2D eigenvalue weighted by molar-refractivity contribution is 7.24. The van der Waals surface area contributed by atoms with Crippen molar-refractivity contribution in [3.8, 4) is 0 Å².